The maximum absolute atomic E-state index is 13.7. The highest BCUT2D eigenvalue weighted by Gasteiger charge is 2.37. The third-order valence-corrected chi connectivity index (χ3v) is 7.03. The predicted octanol–water partition coefficient (Wildman–Crippen LogP) is 4.77. The van der Waals surface area contributed by atoms with Crippen LogP contribution in [0.2, 0.25) is 0 Å². The van der Waals surface area contributed by atoms with Crippen LogP contribution in [0.3, 0.4) is 0 Å². The Kier molecular flexibility index (Phi) is 9.18. The number of hydrogen-bond acceptors (Lipinski definition) is 5. The summed E-state index contributed by atoms with van der Waals surface area (Å²) >= 11 is 0. The van der Waals surface area contributed by atoms with Crippen LogP contribution in [0, 0.1) is 37.0 Å². The molecule has 0 spiro atoms. The van der Waals surface area contributed by atoms with E-state index in [9.17, 15) is 28.0 Å². The maximum Gasteiger partial charge on any atom is 0.416 e. The van der Waals surface area contributed by atoms with Crippen LogP contribution >= 0.6 is 0 Å². The number of nitrogens with zero attached hydrogens (tertiary/aromatic N) is 3. The number of nitriles is 1. The molecule has 10 heteroatoms. The van der Waals surface area contributed by atoms with Crippen LogP contribution in [-0.2, 0) is 20.5 Å². The normalized spacial score (nSPS) is 17.8. The fourth-order valence-corrected chi connectivity index (χ4v) is 4.84. The standard InChI is InChI=1S/C28H33F3N4O3/c1-17-7-6-8-18(2)25(17)34(5)27(37)20(4)24(15-35-9-10-38-16-19(35)3)26(36)33-23-12-21(14-32)11-22(13-23)28(29,30)31/h6-8,11-13,19-20,24H,9-10,15-16H2,1-5H3,(H,33,36)/t19-,20?,24?/m0/s1. The number of alkyl halides is 3. The van der Waals surface area contributed by atoms with E-state index < -0.39 is 29.5 Å². The molecular formula is C28H33F3N4O3. The summed E-state index contributed by atoms with van der Waals surface area (Å²) in [4.78, 5) is 30.8. The first kappa shape index (κ1) is 29.1. The van der Waals surface area contributed by atoms with Gasteiger partial charge in [0.2, 0.25) is 11.8 Å². The van der Waals surface area contributed by atoms with Gasteiger partial charge in [0, 0.05) is 43.5 Å². The highest BCUT2D eigenvalue weighted by molar-refractivity contribution is 6.01. The molecule has 1 N–H and O–H groups in total. The maximum atomic E-state index is 13.7. The van der Waals surface area contributed by atoms with E-state index in [1.165, 1.54) is 11.0 Å². The molecule has 1 saturated heterocycles. The molecule has 3 rings (SSSR count). The van der Waals surface area contributed by atoms with Crippen LogP contribution in [0.4, 0.5) is 24.5 Å². The molecule has 2 aromatic carbocycles. The summed E-state index contributed by atoms with van der Waals surface area (Å²) in [7, 11) is 1.66. The highest BCUT2D eigenvalue weighted by atomic mass is 19.4. The molecule has 2 aromatic rings. The largest absolute Gasteiger partial charge is 0.416 e. The van der Waals surface area contributed by atoms with E-state index in [0.29, 0.717) is 19.8 Å². The van der Waals surface area contributed by atoms with E-state index in [2.05, 4.69) is 5.32 Å². The fraction of sp³-hybridized carbons (Fsp3) is 0.464. The molecule has 7 nitrogen and oxygen atoms in total. The number of benzene rings is 2. The third-order valence-electron chi connectivity index (χ3n) is 7.03. The van der Waals surface area contributed by atoms with E-state index in [0.717, 1.165) is 28.9 Å². The molecular weight excluding hydrogens is 497 g/mol. The number of carbonyl (C=O) groups is 2. The van der Waals surface area contributed by atoms with Crippen molar-refractivity contribution in [3.8, 4) is 6.07 Å². The topological polar surface area (TPSA) is 85.7 Å². The first-order chi connectivity index (χ1) is 17.8. The molecule has 0 aromatic heterocycles. The molecule has 38 heavy (non-hydrogen) atoms. The SMILES string of the molecule is Cc1cccc(C)c1N(C)C(=O)C(C)C(CN1CCOC[C@@H]1C)C(=O)Nc1cc(C#N)cc(C(F)(F)F)c1. The van der Waals surface area contributed by atoms with Crippen molar-refractivity contribution in [1.29, 1.82) is 5.26 Å². The quantitative estimate of drug-likeness (QED) is 0.558. The molecule has 2 amide bonds. The molecule has 0 saturated carbocycles. The Balaban J connectivity index is 1.94. The van der Waals surface area contributed by atoms with Gasteiger partial charge in [-0.25, -0.2) is 0 Å². The van der Waals surface area contributed by atoms with Crippen molar-refractivity contribution in [3.63, 3.8) is 0 Å². The van der Waals surface area contributed by atoms with Crippen molar-refractivity contribution in [3.05, 3.63) is 58.7 Å². The van der Waals surface area contributed by atoms with Gasteiger partial charge in [0.25, 0.3) is 0 Å². The molecule has 1 aliphatic rings. The van der Waals surface area contributed by atoms with Crippen molar-refractivity contribution in [2.75, 3.05) is 43.6 Å². The lowest BCUT2D eigenvalue weighted by molar-refractivity contribution is -0.137. The van der Waals surface area contributed by atoms with Crippen molar-refractivity contribution < 1.29 is 27.5 Å². The minimum atomic E-state index is -4.69. The van der Waals surface area contributed by atoms with Crippen LogP contribution in [-0.4, -0.2) is 56.1 Å². The van der Waals surface area contributed by atoms with Gasteiger partial charge in [0.15, 0.2) is 0 Å². The van der Waals surface area contributed by atoms with Crippen molar-refractivity contribution in [2.45, 2.75) is 39.9 Å². The minimum absolute atomic E-state index is 0.00329. The zero-order valence-corrected chi connectivity index (χ0v) is 22.2. The van der Waals surface area contributed by atoms with Gasteiger partial charge in [-0.2, -0.15) is 18.4 Å². The summed E-state index contributed by atoms with van der Waals surface area (Å²) in [5, 5.41) is 11.8. The van der Waals surface area contributed by atoms with Crippen LogP contribution in [0.1, 0.15) is 36.1 Å². The van der Waals surface area contributed by atoms with E-state index in [1.54, 1.807) is 20.0 Å². The van der Waals surface area contributed by atoms with Gasteiger partial charge in [0.05, 0.1) is 36.3 Å². The predicted molar refractivity (Wildman–Crippen MR) is 139 cm³/mol. The molecule has 3 atom stereocenters. The molecule has 1 fully saturated rings. The fourth-order valence-electron chi connectivity index (χ4n) is 4.84. The van der Waals surface area contributed by atoms with Gasteiger partial charge in [-0.3, -0.25) is 14.5 Å². The van der Waals surface area contributed by atoms with Gasteiger partial charge in [-0.15, -0.1) is 0 Å². The average molecular weight is 531 g/mol. The molecule has 0 aliphatic carbocycles. The van der Waals surface area contributed by atoms with E-state index in [1.807, 2.05) is 43.9 Å². The van der Waals surface area contributed by atoms with E-state index in [4.69, 9.17) is 4.74 Å². The number of carbonyl (C=O) groups excluding carboxylic acids is 2. The van der Waals surface area contributed by atoms with Gasteiger partial charge in [-0.1, -0.05) is 25.1 Å². The smallest absolute Gasteiger partial charge is 0.379 e. The van der Waals surface area contributed by atoms with Gasteiger partial charge >= 0.3 is 6.18 Å². The Labute approximate surface area is 221 Å². The zero-order chi connectivity index (χ0) is 28.2. The number of rotatable bonds is 7. The zero-order valence-electron chi connectivity index (χ0n) is 22.2. The monoisotopic (exact) mass is 530 g/mol. The van der Waals surface area contributed by atoms with Crippen molar-refractivity contribution >= 4 is 23.2 Å². The molecule has 2 unspecified atom stereocenters. The Bertz CT molecular complexity index is 1200. The molecule has 1 aliphatic heterocycles. The summed E-state index contributed by atoms with van der Waals surface area (Å²) < 4.78 is 45.7. The van der Waals surface area contributed by atoms with E-state index >= 15 is 0 Å². The Hall–Kier alpha value is -3.42. The van der Waals surface area contributed by atoms with Gasteiger partial charge < -0.3 is 15.0 Å². The number of nitrogens with one attached hydrogen (secondary N) is 1. The molecule has 204 valence electrons. The number of morpholine rings is 1. The third kappa shape index (κ3) is 6.71. The van der Waals surface area contributed by atoms with Crippen molar-refractivity contribution in [2.24, 2.45) is 11.8 Å². The highest BCUT2D eigenvalue weighted by Crippen LogP contribution is 2.33. The number of halogens is 3. The second kappa shape index (κ2) is 12.0. The molecule has 0 bridgehead atoms. The number of aryl methyl sites for hydroxylation is 2. The van der Waals surface area contributed by atoms with Crippen LogP contribution in [0.5, 0.6) is 0 Å². The number of para-hydroxylation sites is 1. The minimum Gasteiger partial charge on any atom is -0.379 e. The summed E-state index contributed by atoms with van der Waals surface area (Å²) in [5.74, 6) is -2.56. The number of hydrogen-bond donors (Lipinski definition) is 1. The summed E-state index contributed by atoms with van der Waals surface area (Å²) in [6.45, 7) is 9.13. The first-order valence-corrected chi connectivity index (χ1v) is 12.4. The average Bonchev–Trinajstić information content (AvgIpc) is 2.86. The molecule has 0 radical (unpaired) electrons. The summed E-state index contributed by atoms with van der Waals surface area (Å²) in [6.07, 6.45) is -4.69. The van der Waals surface area contributed by atoms with Crippen LogP contribution in [0.25, 0.3) is 0 Å². The first-order valence-electron chi connectivity index (χ1n) is 12.4. The lowest BCUT2D eigenvalue weighted by Gasteiger charge is -2.37. The lowest BCUT2D eigenvalue weighted by atomic mass is 9.89. The Morgan fingerprint density at radius 2 is 1.89 bits per heavy atom. The Morgan fingerprint density at radius 1 is 1.24 bits per heavy atom. The second-order valence-corrected chi connectivity index (χ2v) is 9.85. The summed E-state index contributed by atoms with van der Waals surface area (Å²) in [6, 6.07) is 10.1. The number of anilines is 2. The van der Waals surface area contributed by atoms with E-state index in [-0.39, 0.29) is 29.7 Å². The molecule has 1 heterocycles. The summed E-state index contributed by atoms with van der Waals surface area (Å²) in [5.41, 5.74) is 1.15. The number of ether oxygens (including phenoxy) is 1. The van der Waals surface area contributed by atoms with Crippen LogP contribution < -0.4 is 10.2 Å². The second-order valence-electron chi connectivity index (χ2n) is 9.85. The van der Waals surface area contributed by atoms with Crippen LogP contribution in [0.15, 0.2) is 36.4 Å². The van der Waals surface area contributed by atoms with Crippen molar-refractivity contribution in [1.82, 2.24) is 4.90 Å². The lowest BCUT2D eigenvalue weighted by Crippen LogP contribution is -2.50. The number of amides is 2. The Morgan fingerprint density at radius 3 is 2.47 bits per heavy atom. The van der Waals surface area contributed by atoms with Gasteiger partial charge in [0.1, 0.15) is 0 Å². The van der Waals surface area contributed by atoms with Gasteiger partial charge in [-0.05, 0) is 50.1 Å².